The van der Waals surface area contributed by atoms with Crippen LogP contribution in [0.3, 0.4) is 0 Å². The quantitative estimate of drug-likeness (QED) is 0.419. The summed E-state index contributed by atoms with van der Waals surface area (Å²) in [6, 6.07) is 10.8. The highest BCUT2D eigenvalue weighted by Gasteiger charge is 2.06. The van der Waals surface area contributed by atoms with Crippen molar-refractivity contribution in [3.8, 4) is 11.5 Å². The first-order valence-corrected chi connectivity index (χ1v) is 7.87. The molecule has 2 rings (SSSR count). The van der Waals surface area contributed by atoms with Gasteiger partial charge in [0.1, 0.15) is 11.5 Å². The lowest BCUT2D eigenvalue weighted by Crippen LogP contribution is -2.06. The first-order valence-electron chi connectivity index (χ1n) is 6.32. The van der Waals surface area contributed by atoms with Crippen molar-refractivity contribution in [2.24, 2.45) is 0 Å². The van der Waals surface area contributed by atoms with Gasteiger partial charge in [0, 0.05) is 17.0 Å². The minimum atomic E-state index is 0.477. The van der Waals surface area contributed by atoms with Crippen molar-refractivity contribution in [3.05, 3.63) is 50.9 Å². The van der Waals surface area contributed by atoms with E-state index >= 15 is 0 Å². The van der Waals surface area contributed by atoms with E-state index in [0.29, 0.717) is 46.9 Å². The Morgan fingerprint density at radius 3 is 2.33 bits per heavy atom. The van der Waals surface area contributed by atoms with Gasteiger partial charge in [-0.05, 0) is 34.1 Å². The lowest BCUT2D eigenvalue weighted by Gasteiger charge is -2.11. The molecule has 2 aromatic rings. The minimum absolute atomic E-state index is 0.477. The number of hydrogen-bond donors (Lipinski definition) is 1. The Labute approximate surface area is 142 Å². The van der Waals surface area contributed by atoms with E-state index < -0.39 is 0 Å². The average Bonchev–Trinajstić information content (AvgIpc) is 2.45. The Morgan fingerprint density at radius 2 is 1.62 bits per heavy atom. The molecule has 112 valence electrons. The summed E-state index contributed by atoms with van der Waals surface area (Å²) in [7, 11) is 0. The van der Waals surface area contributed by atoms with Crippen molar-refractivity contribution in [2.75, 3.05) is 18.9 Å². The van der Waals surface area contributed by atoms with Crippen molar-refractivity contribution < 1.29 is 9.47 Å². The van der Waals surface area contributed by atoms with Crippen molar-refractivity contribution in [1.82, 2.24) is 0 Å². The molecule has 0 heterocycles. The first kappa shape index (κ1) is 16.3. The summed E-state index contributed by atoms with van der Waals surface area (Å²) >= 11 is 15.4. The van der Waals surface area contributed by atoms with Gasteiger partial charge in [0.2, 0.25) is 0 Å². The summed E-state index contributed by atoms with van der Waals surface area (Å²) < 4.78 is 11.9. The van der Waals surface area contributed by atoms with E-state index in [2.05, 4.69) is 15.9 Å². The van der Waals surface area contributed by atoms with Gasteiger partial charge in [-0.2, -0.15) is 0 Å². The number of ether oxygens (including phenoxy) is 2. The standard InChI is InChI=1S/C15H14BrCl2NO2/c16-10-8-12(18)15(9-11(10)17)21-7-3-6-20-14-5-2-1-4-13(14)19/h1-2,4-5,8-9H,3,6-7,19H2. The maximum atomic E-state index is 6.07. The van der Waals surface area contributed by atoms with Crippen LogP contribution in [-0.4, -0.2) is 13.2 Å². The van der Waals surface area contributed by atoms with Crippen LogP contribution < -0.4 is 15.2 Å². The number of rotatable bonds is 6. The predicted octanol–water partition coefficient (Wildman–Crippen LogP) is 5.19. The fourth-order valence-electron chi connectivity index (χ4n) is 1.65. The Bertz CT molecular complexity index is 623. The molecule has 2 aromatic carbocycles. The van der Waals surface area contributed by atoms with E-state index in [0.717, 1.165) is 4.47 Å². The predicted molar refractivity (Wildman–Crippen MR) is 90.6 cm³/mol. The number of nitrogens with two attached hydrogens (primary N) is 1. The molecule has 21 heavy (non-hydrogen) atoms. The molecule has 0 aliphatic carbocycles. The second kappa shape index (κ2) is 7.78. The van der Waals surface area contributed by atoms with Gasteiger partial charge in [0.05, 0.1) is 28.9 Å². The van der Waals surface area contributed by atoms with Gasteiger partial charge in [0.15, 0.2) is 0 Å². The van der Waals surface area contributed by atoms with Crippen LogP contribution in [0.15, 0.2) is 40.9 Å². The van der Waals surface area contributed by atoms with E-state index in [1.54, 1.807) is 18.2 Å². The molecule has 6 heteroatoms. The fraction of sp³-hybridized carbons (Fsp3) is 0.200. The normalized spacial score (nSPS) is 10.4. The number of hydrogen-bond acceptors (Lipinski definition) is 3. The Balaban J connectivity index is 1.78. The smallest absolute Gasteiger partial charge is 0.142 e. The van der Waals surface area contributed by atoms with Crippen molar-refractivity contribution in [2.45, 2.75) is 6.42 Å². The monoisotopic (exact) mass is 389 g/mol. The second-order valence-corrected chi connectivity index (χ2v) is 5.95. The van der Waals surface area contributed by atoms with E-state index in [9.17, 15) is 0 Å². The van der Waals surface area contributed by atoms with Gasteiger partial charge < -0.3 is 15.2 Å². The average molecular weight is 391 g/mol. The summed E-state index contributed by atoms with van der Waals surface area (Å²) in [5, 5.41) is 1.07. The molecular formula is C15H14BrCl2NO2. The molecule has 3 nitrogen and oxygen atoms in total. The van der Waals surface area contributed by atoms with E-state index in [-0.39, 0.29) is 0 Å². The van der Waals surface area contributed by atoms with Crippen LogP contribution >= 0.6 is 39.1 Å². The third kappa shape index (κ3) is 4.70. The number of anilines is 1. The zero-order valence-corrected chi connectivity index (χ0v) is 14.2. The molecule has 0 saturated heterocycles. The van der Waals surface area contributed by atoms with Crippen LogP contribution in [0.25, 0.3) is 0 Å². The highest BCUT2D eigenvalue weighted by Crippen LogP contribution is 2.34. The molecular weight excluding hydrogens is 377 g/mol. The molecule has 0 fully saturated rings. The first-order chi connectivity index (χ1) is 10.1. The molecule has 0 bridgehead atoms. The molecule has 0 spiro atoms. The Morgan fingerprint density at radius 1 is 0.952 bits per heavy atom. The van der Waals surface area contributed by atoms with Crippen LogP contribution in [0.4, 0.5) is 5.69 Å². The molecule has 0 unspecified atom stereocenters. The zero-order chi connectivity index (χ0) is 15.2. The third-order valence-corrected chi connectivity index (χ3v) is 4.19. The SMILES string of the molecule is Nc1ccccc1OCCCOc1cc(Cl)c(Br)cc1Cl. The number of benzene rings is 2. The molecule has 0 aliphatic rings. The van der Waals surface area contributed by atoms with Gasteiger partial charge in [-0.15, -0.1) is 0 Å². The third-order valence-electron chi connectivity index (χ3n) is 2.70. The lowest BCUT2D eigenvalue weighted by atomic mass is 10.3. The zero-order valence-electron chi connectivity index (χ0n) is 11.1. The molecule has 0 radical (unpaired) electrons. The van der Waals surface area contributed by atoms with Gasteiger partial charge in [0.25, 0.3) is 0 Å². The summed E-state index contributed by atoms with van der Waals surface area (Å²) in [5.74, 6) is 1.24. The highest BCUT2D eigenvalue weighted by molar-refractivity contribution is 9.10. The number of nitrogen functional groups attached to an aromatic ring is 1. The topological polar surface area (TPSA) is 44.5 Å². The minimum Gasteiger partial charge on any atom is -0.492 e. The number of halogens is 3. The molecule has 0 saturated carbocycles. The van der Waals surface area contributed by atoms with Crippen LogP contribution in [0.5, 0.6) is 11.5 Å². The van der Waals surface area contributed by atoms with E-state index in [1.165, 1.54) is 0 Å². The van der Waals surface area contributed by atoms with E-state index in [4.69, 9.17) is 38.4 Å². The van der Waals surface area contributed by atoms with Gasteiger partial charge in [-0.3, -0.25) is 0 Å². The molecule has 0 atom stereocenters. The fourth-order valence-corrected chi connectivity index (χ4v) is 2.50. The second-order valence-electron chi connectivity index (χ2n) is 4.29. The Kier molecular flexibility index (Phi) is 6.03. The molecule has 0 aliphatic heterocycles. The van der Waals surface area contributed by atoms with Crippen LogP contribution in [0.2, 0.25) is 10.0 Å². The van der Waals surface area contributed by atoms with Gasteiger partial charge in [-0.1, -0.05) is 35.3 Å². The summed E-state index contributed by atoms with van der Waals surface area (Å²) in [5.41, 5.74) is 6.41. The maximum absolute atomic E-state index is 6.07. The van der Waals surface area contributed by atoms with Gasteiger partial charge >= 0.3 is 0 Å². The Hall–Kier alpha value is -1.10. The van der Waals surface area contributed by atoms with Crippen LogP contribution in [0, 0.1) is 0 Å². The molecule has 0 aromatic heterocycles. The van der Waals surface area contributed by atoms with Crippen molar-refractivity contribution in [1.29, 1.82) is 0 Å². The van der Waals surface area contributed by atoms with E-state index in [1.807, 2.05) is 18.2 Å². The van der Waals surface area contributed by atoms with Crippen molar-refractivity contribution in [3.63, 3.8) is 0 Å². The highest BCUT2D eigenvalue weighted by atomic mass is 79.9. The van der Waals surface area contributed by atoms with Crippen LogP contribution in [-0.2, 0) is 0 Å². The van der Waals surface area contributed by atoms with Crippen LogP contribution in [0.1, 0.15) is 6.42 Å². The largest absolute Gasteiger partial charge is 0.492 e. The summed E-state index contributed by atoms with van der Waals surface area (Å²) in [6.07, 6.45) is 0.707. The lowest BCUT2D eigenvalue weighted by molar-refractivity contribution is 0.248. The molecule has 0 amide bonds. The summed E-state index contributed by atoms with van der Waals surface area (Å²) in [6.45, 7) is 0.987. The molecule has 2 N–H and O–H groups in total. The maximum Gasteiger partial charge on any atom is 0.142 e. The van der Waals surface area contributed by atoms with Gasteiger partial charge in [-0.25, -0.2) is 0 Å². The number of para-hydroxylation sites is 2. The van der Waals surface area contributed by atoms with Crippen molar-refractivity contribution >= 4 is 44.8 Å². The summed E-state index contributed by atoms with van der Waals surface area (Å²) in [4.78, 5) is 0.